The standard InChI is InChI=1S/C29H24ClFN4O2.C26H28N4O2S.C20H21N5O3/c1-19-2-11-26-24(16-19)27(25(17-32)29(37)35(26)18-20-3-9-23(31)10-4-20)33-12-14-34(15-13-33)28(36)21-5-7-22(30)8-6-21;27-17-21-24(28-12-14-29(15-13-28)26(32)23-11-6-16-33-23)20-9-4-5-10-22(20)30(25(21)31)18-19-7-2-1-3-8-19;1-23-16-5-3-2-4-13(16)18(14(12-21)19(23)27)24-8-10-25(11-9-24)20(28)15-6-7-17(26)22-15/h2-11,16H,12-15,18H2,1H3;4-6,9-11,16,19H,1-3,7-8,12-15,18H2;2-5,15H,6-11H2,1H3,(H,22,26). The van der Waals surface area contributed by atoms with Crippen LogP contribution in [0.25, 0.3) is 32.7 Å². The van der Waals surface area contributed by atoms with E-state index >= 15 is 0 Å². The van der Waals surface area contributed by atoms with Gasteiger partial charge in [0.05, 0.1) is 45.0 Å². The first-order chi connectivity index (χ1) is 47.5. The molecule has 5 fully saturated rings. The molecule has 4 aromatic heterocycles. The molecule has 0 radical (unpaired) electrons. The van der Waals surface area contributed by atoms with Crippen molar-refractivity contribution in [2.45, 2.75) is 71.0 Å². The topological polar surface area (TPSA) is 237 Å². The number of nitriles is 3. The van der Waals surface area contributed by atoms with E-state index in [2.05, 4.69) is 28.4 Å². The quantitative estimate of drug-likeness (QED) is 0.134. The van der Waals surface area contributed by atoms with Crippen molar-refractivity contribution in [3.05, 3.63) is 213 Å². The molecule has 8 heterocycles. The van der Waals surface area contributed by atoms with Crippen LogP contribution in [0, 0.1) is 52.7 Å². The number of aromatic nitrogens is 3. The number of anilines is 3. The molecule has 0 spiro atoms. The lowest BCUT2D eigenvalue weighted by atomic mass is 9.89. The van der Waals surface area contributed by atoms with Gasteiger partial charge in [-0.05, 0) is 110 Å². The van der Waals surface area contributed by atoms with Crippen molar-refractivity contribution < 1.29 is 23.6 Å². The summed E-state index contributed by atoms with van der Waals surface area (Å²) in [7, 11) is 1.67. The van der Waals surface area contributed by atoms with Gasteiger partial charge in [-0.1, -0.05) is 97.1 Å². The van der Waals surface area contributed by atoms with E-state index in [1.807, 2.05) is 110 Å². The van der Waals surface area contributed by atoms with Gasteiger partial charge < -0.3 is 48.4 Å². The average molecular weight is 1360 g/mol. The number of para-hydroxylation sites is 2. The molecule has 1 N–H and O–H groups in total. The fourth-order valence-electron chi connectivity index (χ4n) is 14.2. The molecule has 4 amide bonds. The van der Waals surface area contributed by atoms with E-state index in [0.29, 0.717) is 131 Å². The van der Waals surface area contributed by atoms with Crippen LogP contribution >= 0.6 is 22.9 Å². The molecular formula is C75H73ClFN13O7S. The third-order valence-electron chi connectivity index (χ3n) is 19.4. The van der Waals surface area contributed by atoms with Gasteiger partial charge in [0.1, 0.15) is 46.8 Å². The molecule has 5 aromatic carbocycles. The summed E-state index contributed by atoms with van der Waals surface area (Å²) in [4.78, 5) is 102. The Balaban J connectivity index is 0.000000141. The summed E-state index contributed by atoms with van der Waals surface area (Å²) in [6, 6.07) is 43.9. The predicted octanol–water partition coefficient (Wildman–Crippen LogP) is 9.80. The zero-order valence-corrected chi connectivity index (χ0v) is 56.2. The Morgan fingerprint density at radius 3 is 1.64 bits per heavy atom. The van der Waals surface area contributed by atoms with E-state index in [9.17, 15) is 53.7 Å². The monoisotopic (exact) mass is 1350 g/mol. The maximum Gasteiger partial charge on any atom is 0.271 e. The number of hydrogen-bond donors (Lipinski definition) is 1. The third kappa shape index (κ3) is 14.0. The summed E-state index contributed by atoms with van der Waals surface area (Å²) in [5, 5.41) is 37.5. The second-order valence-electron chi connectivity index (χ2n) is 25.4. The van der Waals surface area contributed by atoms with Crippen LogP contribution in [0.2, 0.25) is 5.02 Å². The van der Waals surface area contributed by atoms with Crippen molar-refractivity contribution in [1.29, 1.82) is 15.8 Å². The van der Waals surface area contributed by atoms with Crippen molar-refractivity contribution in [1.82, 2.24) is 33.7 Å². The van der Waals surface area contributed by atoms with Crippen LogP contribution in [0.5, 0.6) is 0 Å². The van der Waals surface area contributed by atoms with Gasteiger partial charge in [0, 0.05) is 125 Å². The molecule has 1 unspecified atom stereocenters. The maximum absolute atomic E-state index is 13.6. The number of benzene rings is 5. The summed E-state index contributed by atoms with van der Waals surface area (Å²) >= 11 is 7.41. The molecule has 9 aromatic rings. The minimum Gasteiger partial charge on any atom is -0.366 e. The van der Waals surface area contributed by atoms with Gasteiger partial charge in [-0.15, -0.1) is 11.3 Å². The first-order valence-electron chi connectivity index (χ1n) is 33.1. The Kier molecular flexibility index (Phi) is 20.5. The van der Waals surface area contributed by atoms with Crippen molar-refractivity contribution in [2.24, 2.45) is 13.0 Å². The van der Waals surface area contributed by atoms with Crippen LogP contribution in [0.1, 0.15) is 92.8 Å². The van der Waals surface area contributed by atoms with Crippen molar-refractivity contribution >= 4 is 96.3 Å². The lowest BCUT2D eigenvalue weighted by Crippen LogP contribution is -2.53. The summed E-state index contributed by atoms with van der Waals surface area (Å²) in [6.45, 7) is 9.11. The molecule has 5 aliphatic rings. The highest BCUT2D eigenvalue weighted by molar-refractivity contribution is 7.12. The second kappa shape index (κ2) is 29.8. The number of nitrogens with one attached hydrogen (secondary N) is 1. The van der Waals surface area contributed by atoms with Crippen molar-refractivity contribution in [3.63, 3.8) is 0 Å². The highest BCUT2D eigenvalue weighted by atomic mass is 35.5. The van der Waals surface area contributed by atoms with Gasteiger partial charge in [0.2, 0.25) is 11.8 Å². The van der Waals surface area contributed by atoms with Crippen LogP contribution in [0.3, 0.4) is 0 Å². The number of rotatable bonds is 10. The van der Waals surface area contributed by atoms with E-state index in [-0.39, 0.29) is 63.8 Å². The Morgan fingerprint density at radius 2 is 1.08 bits per heavy atom. The largest absolute Gasteiger partial charge is 0.366 e. The maximum atomic E-state index is 13.6. The van der Waals surface area contributed by atoms with Gasteiger partial charge in [-0.25, -0.2) is 4.39 Å². The van der Waals surface area contributed by atoms with E-state index in [4.69, 9.17) is 11.6 Å². The first-order valence-corrected chi connectivity index (χ1v) is 34.4. The number of piperazine rings is 3. The SMILES string of the molecule is Cc1ccc2c(c1)c(N1CCN(C(=O)c3ccc(Cl)cc3)CC1)c(C#N)c(=O)n2Cc1ccc(F)cc1.Cn1c(=O)c(C#N)c(N2CCN(C(=O)C3CCC(=O)N3)CC2)c2ccccc21.N#Cc1c(N2CCN(C(=O)c3cccs3)CC2)c2ccccc2n(CC2CCCCC2)c1=O. The van der Waals surface area contributed by atoms with Crippen LogP contribution < -0.4 is 36.7 Å². The second-order valence-corrected chi connectivity index (χ2v) is 26.8. The lowest BCUT2D eigenvalue weighted by Gasteiger charge is -2.37. The number of fused-ring (bicyclic) bond motifs is 3. The summed E-state index contributed by atoms with van der Waals surface area (Å²) in [5.41, 5.74) is 6.20. The molecule has 14 rings (SSSR count). The fraction of sp³-hybridized carbons (Fsp3) is 0.333. The summed E-state index contributed by atoms with van der Waals surface area (Å²) in [5.74, 6) is -0.0189. The van der Waals surface area contributed by atoms with Crippen LogP contribution in [0.15, 0.2) is 147 Å². The van der Waals surface area contributed by atoms with Gasteiger partial charge in [0.25, 0.3) is 28.5 Å². The van der Waals surface area contributed by atoms with E-state index in [1.54, 1.807) is 57.8 Å². The number of aryl methyl sites for hydroxylation is 2. The average Bonchev–Trinajstić information content (AvgIpc) is 1.14. The number of nitrogens with zero attached hydrogens (tertiary/aromatic N) is 12. The molecule has 4 saturated heterocycles. The van der Waals surface area contributed by atoms with Crippen LogP contribution in [0.4, 0.5) is 21.5 Å². The molecule has 4 aliphatic heterocycles. The molecular weight excluding hydrogens is 1280 g/mol. The number of halogens is 2. The summed E-state index contributed by atoms with van der Waals surface area (Å²) < 4.78 is 18.3. The molecule has 23 heteroatoms. The van der Waals surface area contributed by atoms with Gasteiger partial charge in [0.15, 0.2) is 0 Å². The number of pyridine rings is 3. The molecule has 500 valence electrons. The molecule has 20 nitrogen and oxygen atoms in total. The van der Waals surface area contributed by atoms with E-state index < -0.39 is 11.6 Å². The minimum absolute atomic E-state index is 0.0536. The third-order valence-corrected chi connectivity index (χ3v) is 20.5. The first kappa shape index (κ1) is 67.4. The van der Waals surface area contributed by atoms with Crippen LogP contribution in [-0.2, 0) is 29.7 Å². The highest BCUT2D eigenvalue weighted by Gasteiger charge is 2.35. The predicted molar refractivity (Wildman–Crippen MR) is 379 cm³/mol. The Morgan fingerprint density at radius 1 is 0.561 bits per heavy atom. The van der Waals surface area contributed by atoms with Gasteiger partial charge in [-0.3, -0.25) is 33.6 Å². The van der Waals surface area contributed by atoms with Crippen molar-refractivity contribution in [2.75, 3.05) is 93.2 Å². The number of thiophene rings is 1. The van der Waals surface area contributed by atoms with Gasteiger partial charge >= 0.3 is 0 Å². The number of carbonyl (C=O) groups is 4. The number of hydrogen-bond acceptors (Lipinski definition) is 14. The molecule has 1 atom stereocenters. The molecule has 1 saturated carbocycles. The Bertz CT molecular complexity index is 4850. The smallest absolute Gasteiger partial charge is 0.271 e. The zero-order valence-electron chi connectivity index (χ0n) is 54.6. The Hall–Kier alpha value is -10.6. The number of amides is 4. The van der Waals surface area contributed by atoms with Crippen molar-refractivity contribution in [3.8, 4) is 18.2 Å². The summed E-state index contributed by atoms with van der Waals surface area (Å²) in [6.07, 6.45) is 6.92. The Labute approximate surface area is 574 Å². The van der Waals surface area contributed by atoms with Gasteiger partial charge in [-0.2, -0.15) is 15.8 Å². The normalized spacial score (nSPS) is 16.5. The molecule has 0 bridgehead atoms. The molecule has 98 heavy (non-hydrogen) atoms. The zero-order chi connectivity index (χ0) is 68.7. The van der Waals surface area contributed by atoms with Crippen LogP contribution in [-0.4, -0.2) is 137 Å². The lowest BCUT2D eigenvalue weighted by molar-refractivity contribution is -0.134. The highest BCUT2D eigenvalue weighted by Crippen LogP contribution is 2.35. The number of carbonyl (C=O) groups excluding carboxylic acids is 4. The minimum atomic E-state index is -0.432. The van der Waals surface area contributed by atoms with E-state index in [1.165, 1.54) is 47.3 Å². The fourth-order valence-corrected chi connectivity index (χ4v) is 15.0. The van der Waals surface area contributed by atoms with E-state index in [0.717, 1.165) is 61.7 Å². The molecule has 1 aliphatic carbocycles.